The van der Waals surface area contributed by atoms with Gasteiger partial charge in [-0.2, -0.15) is 0 Å². The highest BCUT2D eigenvalue weighted by atomic mass is 19.1. The largest absolute Gasteiger partial charge is 0.481 e. The van der Waals surface area contributed by atoms with E-state index in [9.17, 15) is 23.2 Å². The summed E-state index contributed by atoms with van der Waals surface area (Å²) in [5, 5.41) is 11.3. The summed E-state index contributed by atoms with van der Waals surface area (Å²) in [6.45, 7) is 1.40. The van der Waals surface area contributed by atoms with Crippen LogP contribution < -0.4 is 5.32 Å². The minimum absolute atomic E-state index is 0.0757. The molecular formula is C16H17F2NO4. The Bertz CT molecular complexity index is 660. The molecule has 23 heavy (non-hydrogen) atoms. The summed E-state index contributed by atoms with van der Waals surface area (Å²) in [6, 6.07) is 1.65. The molecule has 0 spiro atoms. The normalized spacial score (nSPS) is 20.3. The molecular weight excluding hydrogens is 308 g/mol. The van der Waals surface area contributed by atoms with Gasteiger partial charge in [-0.3, -0.25) is 14.4 Å². The first-order chi connectivity index (χ1) is 10.8. The fourth-order valence-corrected chi connectivity index (χ4v) is 3.00. The third-order valence-corrected chi connectivity index (χ3v) is 3.98. The number of amides is 1. The maximum Gasteiger partial charge on any atom is 0.311 e. The number of aliphatic carboxylic acids is 1. The highest BCUT2D eigenvalue weighted by Gasteiger charge is 2.29. The Labute approximate surface area is 131 Å². The van der Waals surface area contributed by atoms with Gasteiger partial charge in [0.05, 0.1) is 5.56 Å². The van der Waals surface area contributed by atoms with E-state index in [0.717, 1.165) is 12.1 Å². The number of carbonyl (C=O) groups excluding carboxylic acids is 2. The van der Waals surface area contributed by atoms with E-state index in [1.807, 2.05) is 0 Å². The molecule has 1 fully saturated rings. The van der Waals surface area contributed by atoms with Gasteiger partial charge in [-0.15, -0.1) is 0 Å². The fraction of sp³-hybridized carbons (Fsp3) is 0.438. The lowest BCUT2D eigenvalue weighted by Crippen LogP contribution is -2.30. The van der Waals surface area contributed by atoms with Crippen molar-refractivity contribution >= 4 is 17.7 Å². The second-order valence-corrected chi connectivity index (χ2v) is 5.75. The summed E-state index contributed by atoms with van der Waals surface area (Å²) in [6.07, 6.45) is 0.886. The number of carboxylic acids is 1. The van der Waals surface area contributed by atoms with Crippen molar-refractivity contribution in [1.29, 1.82) is 0 Å². The molecule has 1 aromatic carbocycles. The molecule has 1 amide bonds. The van der Waals surface area contributed by atoms with E-state index in [2.05, 4.69) is 5.32 Å². The average Bonchev–Trinajstić information content (AvgIpc) is 2.87. The molecule has 0 heterocycles. The van der Waals surface area contributed by atoms with Crippen molar-refractivity contribution in [2.75, 3.05) is 0 Å². The number of nitrogens with one attached hydrogen (secondary N) is 1. The average molecular weight is 325 g/mol. The van der Waals surface area contributed by atoms with Crippen LogP contribution in [0.15, 0.2) is 12.1 Å². The third-order valence-electron chi connectivity index (χ3n) is 3.98. The van der Waals surface area contributed by atoms with Crippen molar-refractivity contribution in [3.8, 4) is 0 Å². The van der Waals surface area contributed by atoms with Crippen LogP contribution in [0.5, 0.6) is 0 Å². The molecule has 2 N–H and O–H groups in total. The van der Waals surface area contributed by atoms with Gasteiger partial charge in [-0.05, 0) is 42.9 Å². The molecule has 2 atom stereocenters. The number of carboxylic acid groups (broad SMARTS) is 1. The lowest BCUT2D eigenvalue weighted by molar-refractivity contribution is -0.136. The van der Waals surface area contributed by atoms with Crippen molar-refractivity contribution < 1.29 is 28.3 Å². The standard InChI is InChI=1S/C16H17F2NO4/c1-8(20)19-10-3-2-9(4-10)11-5-14(18)12(6-13(11)17)15(21)7-16(22)23/h5-6,9-10H,2-4,7H2,1H3,(H,19,20)(H,22,23). The van der Waals surface area contributed by atoms with Gasteiger partial charge in [0.15, 0.2) is 5.78 Å². The van der Waals surface area contributed by atoms with E-state index in [4.69, 9.17) is 5.11 Å². The van der Waals surface area contributed by atoms with Crippen LogP contribution in [0, 0.1) is 11.6 Å². The number of hydrogen-bond acceptors (Lipinski definition) is 3. The quantitative estimate of drug-likeness (QED) is 0.643. The Morgan fingerprint density at radius 3 is 2.52 bits per heavy atom. The number of carbonyl (C=O) groups is 3. The Kier molecular flexibility index (Phi) is 5.08. The first kappa shape index (κ1) is 17.1. The number of ketones is 1. The minimum atomic E-state index is -1.40. The summed E-state index contributed by atoms with van der Waals surface area (Å²) in [7, 11) is 0. The second-order valence-electron chi connectivity index (χ2n) is 5.75. The van der Waals surface area contributed by atoms with Crippen LogP contribution in [0.4, 0.5) is 8.78 Å². The van der Waals surface area contributed by atoms with Gasteiger partial charge in [-0.1, -0.05) is 0 Å². The zero-order valence-corrected chi connectivity index (χ0v) is 12.6. The first-order valence-electron chi connectivity index (χ1n) is 7.29. The zero-order valence-electron chi connectivity index (χ0n) is 12.6. The Hall–Kier alpha value is -2.31. The van der Waals surface area contributed by atoms with Gasteiger partial charge in [0.25, 0.3) is 0 Å². The van der Waals surface area contributed by atoms with Crippen LogP contribution in [-0.2, 0) is 9.59 Å². The number of hydrogen-bond donors (Lipinski definition) is 2. The molecule has 0 aromatic heterocycles. The summed E-state index contributed by atoms with van der Waals surface area (Å²) in [5.41, 5.74) is -0.396. The van der Waals surface area contributed by atoms with Crippen molar-refractivity contribution in [1.82, 2.24) is 5.32 Å². The van der Waals surface area contributed by atoms with Gasteiger partial charge in [0.1, 0.15) is 18.1 Å². The van der Waals surface area contributed by atoms with Gasteiger partial charge in [0, 0.05) is 13.0 Å². The van der Waals surface area contributed by atoms with Gasteiger partial charge < -0.3 is 10.4 Å². The predicted molar refractivity (Wildman–Crippen MR) is 77.1 cm³/mol. The zero-order chi connectivity index (χ0) is 17.1. The summed E-state index contributed by atoms with van der Waals surface area (Å²) in [5.74, 6) is -4.43. The molecule has 0 aliphatic heterocycles. The lowest BCUT2D eigenvalue weighted by Gasteiger charge is -2.14. The Balaban J connectivity index is 2.19. The Morgan fingerprint density at radius 1 is 1.22 bits per heavy atom. The Morgan fingerprint density at radius 2 is 1.91 bits per heavy atom. The summed E-state index contributed by atoms with van der Waals surface area (Å²) < 4.78 is 28.3. The smallest absolute Gasteiger partial charge is 0.311 e. The molecule has 2 rings (SSSR count). The molecule has 1 aliphatic carbocycles. The van der Waals surface area contributed by atoms with Gasteiger partial charge >= 0.3 is 5.97 Å². The fourth-order valence-electron chi connectivity index (χ4n) is 3.00. The van der Waals surface area contributed by atoms with Gasteiger partial charge in [0.2, 0.25) is 5.91 Å². The highest BCUT2D eigenvalue weighted by molar-refractivity contribution is 6.05. The molecule has 0 bridgehead atoms. The number of Topliss-reactive ketones (excluding diaryl/α,β-unsaturated/α-hetero) is 1. The molecule has 5 nitrogen and oxygen atoms in total. The maximum absolute atomic E-state index is 14.2. The summed E-state index contributed by atoms with van der Waals surface area (Å²) in [4.78, 5) is 33.1. The first-order valence-corrected chi connectivity index (χ1v) is 7.29. The van der Waals surface area contributed by atoms with E-state index in [1.54, 1.807) is 0 Å². The van der Waals surface area contributed by atoms with Gasteiger partial charge in [-0.25, -0.2) is 8.78 Å². The maximum atomic E-state index is 14.2. The molecule has 1 saturated carbocycles. The van der Waals surface area contributed by atoms with Crippen LogP contribution in [0.25, 0.3) is 0 Å². The molecule has 124 valence electrons. The number of rotatable bonds is 5. The van der Waals surface area contributed by atoms with Crippen LogP contribution in [0.1, 0.15) is 54.4 Å². The molecule has 1 aromatic rings. The van der Waals surface area contributed by atoms with E-state index in [0.29, 0.717) is 19.3 Å². The monoisotopic (exact) mass is 325 g/mol. The highest BCUT2D eigenvalue weighted by Crippen LogP contribution is 2.36. The van der Waals surface area contributed by atoms with Crippen molar-refractivity contribution in [3.63, 3.8) is 0 Å². The predicted octanol–water partition coefficient (Wildman–Crippen LogP) is 2.39. The van der Waals surface area contributed by atoms with Crippen molar-refractivity contribution in [3.05, 3.63) is 34.9 Å². The lowest BCUT2D eigenvalue weighted by atomic mass is 9.94. The molecule has 0 radical (unpaired) electrons. The number of halogens is 2. The third kappa shape index (κ3) is 4.12. The molecule has 7 heteroatoms. The van der Waals surface area contributed by atoms with Crippen LogP contribution in [-0.4, -0.2) is 28.8 Å². The van der Waals surface area contributed by atoms with Crippen molar-refractivity contribution in [2.24, 2.45) is 0 Å². The minimum Gasteiger partial charge on any atom is -0.481 e. The number of benzene rings is 1. The van der Waals surface area contributed by atoms with Crippen LogP contribution in [0.3, 0.4) is 0 Å². The summed E-state index contributed by atoms with van der Waals surface area (Å²) >= 11 is 0. The van der Waals surface area contributed by atoms with E-state index in [-0.39, 0.29) is 23.4 Å². The molecule has 0 saturated heterocycles. The second kappa shape index (κ2) is 6.85. The van der Waals surface area contributed by atoms with Crippen molar-refractivity contribution in [2.45, 2.75) is 44.6 Å². The van der Waals surface area contributed by atoms with Crippen LogP contribution in [0.2, 0.25) is 0 Å². The molecule has 1 aliphatic rings. The molecule has 2 unspecified atom stereocenters. The van der Waals surface area contributed by atoms with E-state index < -0.39 is 35.4 Å². The SMILES string of the molecule is CC(=O)NC1CCC(c2cc(F)c(C(=O)CC(=O)O)cc2F)C1. The van der Waals surface area contributed by atoms with E-state index in [1.165, 1.54) is 6.92 Å². The topological polar surface area (TPSA) is 83.5 Å². The van der Waals surface area contributed by atoms with Crippen LogP contribution >= 0.6 is 0 Å². The van der Waals surface area contributed by atoms with E-state index >= 15 is 0 Å².